The Labute approximate surface area is 83.7 Å². The van der Waals surface area contributed by atoms with Gasteiger partial charge in [-0.3, -0.25) is 4.79 Å². The highest BCUT2D eigenvalue weighted by Crippen LogP contribution is 2.56. The lowest BCUT2D eigenvalue weighted by molar-refractivity contribution is -0.149. The second-order valence-electron chi connectivity index (χ2n) is 5.40. The zero-order valence-electron chi connectivity index (χ0n) is 8.23. The Morgan fingerprint density at radius 3 is 1.79 bits per heavy atom. The van der Waals surface area contributed by atoms with E-state index in [1.165, 1.54) is 0 Å². The van der Waals surface area contributed by atoms with Crippen molar-refractivity contribution >= 4 is 5.91 Å². The lowest BCUT2D eigenvalue weighted by atomic mass is 9.50. The van der Waals surface area contributed by atoms with Gasteiger partial charge in [-0.2, -0.15) is 0 Å². The van der Waals surface area contributed by atoms with E-state index >= 15 is 0 Å². The number of amides is 1. The van der Waals surface area contributed by atoms with Crippen molar-refractivity contribution in [3.8, 4) is 0 Å². The minimum atomic E-state index is -0.103. The highest BCUT2D eigenvalue weighted by Gasteiger charge is 2.54. The van der Waals surface area contributed by atoms with Crippen LogP contribution in [0.3, 0.4) is 0 Å². The van der Waals surface area contributed by atoms with Crippen LogP contribution < -0.4 is 5.73 Å². The number of nitrogens with two attached hydrogens (primary N) is 1. The Balaban J connectivity index is 1.89. The van der Waals surface area contributed by atoms with Gasteiger partial charge in [0.15, 0.2) is 0 Å². The summed E-state index contributed by atoms with van der Waals surface area (Å²) in [6.07, 6.45) is 4.03. The van der Waals surface area contributed by atoms with E-state index in [0.717, 1.165) is 25.7 Å². The van der Waals surface area contributed by atoms with Gasteiger partial charge in [-0.25, -0.2) is 0 Å². The molecule has 4 rings (SSSR count). The molecule has 4 aliphatic carbocycles. The first-order chi connectivity index (χ1) is 6.66. The molecule has 3 nitrogen and oxygen atoms in total. The van der Waals surface area contributed by atoms with Crippen LogP contribution in [0.5, 0.6) is 0 Å². The summed E-state index contributed by atoms with van der Waals surface area (Å²) >= 11 is 0. The number of primary amides is 1. The van der Waals surface area contributed by atoms with Crippen molar-refractivity contribution in [2.24, 2.45) is 35.3 Å². The molecule has 4 aliphatic rings. The number of aliphatic hydroxyl groups excluding tert-OH is 1. The van der Waals surface area contributed by atoms with E-state index in [-0.39, 0.29) is 17.9 Å². The van der Waals surface area contributed by atoms with Crippen molar-refractivity contribution in [1.29, 1.82) is 0 Å². The number of hydrogen-bond donors (Lipinski definition) is 2. The Morgan fingerprint density at radius 1 is 1.00 bits per heavy atom. The van der Waals surface area contributed by atoms with Crippen molar-refractivity contribution in [1.82, 2.24) is 0 Å². The van der Waals surface area contributed by atoms with E-state index in [1.54, 1.807) is 0 Å². The molecule has 3 N–H and O–H groups in total. The van der Waals surface area contributed by atoms with Crippen LogP contribution in [0.2, 0.25) is 0 Å². The van der Waals surface area contributed by atoms with Gasteiger partial charge in [-0.1, -0.05) is 0 Å². The largest absolute Gasteiger partial charge is 0.393 e. The van der Waals surface area contributed by atoms with Crippen LogP contribution in [-0.2, 0) is 4.79 Å². The van der Waals surface area contributed by atoms with E-state index < -0.39 is 0 Å². The van der Waals surface area contributed by atoms with Gasteiger partial charge in [0.25, 0.3) is 0 Å². The molecule has 4 bridgehead atoms. The molecule has 4 saturated carbocycles. The molecule has 14 heavy (non-hydrogen) atoms. The molecule has 0 aromatic heterocycles. The van der Waals surface area contributed by atoms with E-state index in [2.05, 4.69) is 0 Å². The molecule has 1 amide bonds. The molecule has 0 radical (unpaired) electrons. The molecule has 0 aromatic rings. The Morgan fingerprint density at radius 2 is 1.43 bits per heavy atom. The van der Waals surface area contributed by atoms with Gasteiger partial charge in [0.05, 0.1) is 6.10 Å². The molecule has 78 valence electrons. The molecule has 0 aliphatic heterocycles. The molecule has 0 heterocycles. The molecule has 0 unspecified atom stereocenters. The fourth-order valence-electron chi connectivity index (χ4n) is 4.32. The maximum Gasteiger partial charge on any atom is 0.221 e. The summed E-state index contributed by atoms with van der Waals surface area (Å²) in [4.78, 5) is 11.3. The number of carbonyl (C=O) groups excluding carboxylic acids is 1. The van der Waals surface area contributed by atoms with Crippen LogP contribution in [0.1, 0.15) is 25.7 Å². The van der Waals surface area contributed by atoms with Gasteiger partial charge in [-0.05, 0) is 49.4 Å². The van der Waals surface area contributed by atoms with Gasteiger partial charge in [0, 0.05) is 5.92 Å². The summed E-state index contributed by atoms with van der Waals surface area (Å²) in [5, 5.41) is 9.94. The minimum Gasteiger partial charge on any atom is -0.393 e. The van der Waals surface area contributed by atoms with Crippen molar-refractivity contribution in [3.63, 3.8) is 0 Å². The molecule has 3 heteroatoms. The van der Waals surface area contributed by atoms with E-state index in [9.17, 15) is 9.90 Å². The predicted molar refractivity (Wildman–Crippen MR) is 51.1 cm³/mol. The van der Waals surface area contributed by atoms with Gasteiger partial charge in [-0.15, -0.1) is 0 Å². The zero-order chi connectivity index (χ0) is 9.87. The van der Waals surface area contributed by atoms with E-state index in [1.807, 2.05) is 0 Å². The summed E-state index contributed by atoms with van der Waals surface area (Å²) in [5.74, 6) is 1.92. The summed E-state index contributed by atoms with van der Waals surface area (Å²) in [7, 11) is 0. The highest BCUT2D eigenvalue weighted by atomic mass is 16.3. The molecule has 0 aromatic carbocycles. The summed E-state index contributed by atoms with van der Waals surface area (Å²) in [6, 6.07) is 0. The van der Waals surface area contributed by atoms with Crippen LogP contribution in [0.25, 0.3) is 0 Å². The lowest BCUT2D eigenvalue weighted by Gasteiger charge is -2.55. The SMILES string of the molecule is NC(=O)C1[C@H]2CC3C[C@H]1CC(C2)C3O. The van der Waals surface area contributed by atoms with Gasteiger partial charge < -0.3 is 10.8 Å². The second-order valence-corrected chi connectivity index (χ2v) is 5.40. The Hall–Kier alpha value is -0.570. The van der Waals surface area contributed by atoms with E-state index in [4.69, 9.17) is 5.73 Å². The van der Waals surface area contributed by atoms with Crippen LogP contribution in [-0.4, -0.2) is 17.1 Å². The van der Waals surface area contributed by atoms with Crippen molar-refractivity contribution in [2.75, 3.05) is 0 Å². The molecule has 0 saturated heterocycles. The first kappa shape index (κ1) is 8.72. The molecule has 4 fully saturated rings. The molecule has 0 spiro atoms. The first-order valence-corrected chi connectivity index (χ1v) is 5.64. The fraction of sp³-hybridized carbons (Fsp3) is 0.909. The predicted octanol–water partition coefficient (Wildman–Crippen LogP) is 0.515. The Bertz CT molecular complexity index is 246. The Kier molecular flexibility index (Phi) is 1.69. The second kappa shape index (κ2) is 2.72. The smallest absolute Gasteiger partial charge is 0.221 e. The third-order valence-electron chi connectivity index (χ3n) is 4.73. The molecular weight excluding hydrogens is 178 g/mol. The maximum absolute atomic E-state index is 11.3. The minimum absolute atomic E-state index is 0.0867. The van der Waals surface area contributed by atoms with Crippen molar-refractivity contribution < 1.29 is 9.90 Å². The van der Waals surface area contributed by atoms with E-state index in [0.29, 0.717) is 23.7 Å². The van der Waals surface area contributed by atoms with Crippen LogP contribution in [0.15, 0.2) is 0 Å². The average Bonchev–Trinajstić information content (AvgIpc) is 2.10. The highest BCUT2D eigenvalue weighted by molar-refractivity contribution is 5.77. The average molecular weight is 195 g/mol. The van der Waals surface area contributed by atoms with Gasteiger partial charge >= 0.3 is 0 Å². The topological polar surface area (TPSA) is 63.3 Å². The van der Waals surface area contributed by atoms with Crippen LogP contribution in [0, 0.1) is 29.6 Å². The number of hydrogen-bond acceptors (Lipinski definition) is 2. The van der Waals surface area contributed by atoms with Crippen LogP contribution in [0.4, 0.5) is 0 Å². The van der Waals surface area contributed by atoms with Crippen LogP contribution >= 0.6 is 0 Å². The summed E-state index contributed by atoms with van der Waals surface area (Å²) in [6.45, 7) is 0. The maximum atomic E-state index is 11.3. The normalized spacial score (nSPS) is 54.9. The lowest BCUT2D eigenvalue weighted by Crippen LogP contribution is -2.55. The number of carbonyl (C=O) groups is 1. The first-order valence-electron chi connectivity index (χ1n) is 5.64. The number of rotatable bonds is 1. The molecular formula is C11H17NO2. The zero-order valence-corrected chi connectivity index (χ0v) is 8.23. The monoisotopic (exact) mass is 195 g/mol. The van der Waals surface area contributed by atoms with Gasteiger partial charge in [0.1, 0.15) is 0 Å². The van der Waals surface area contributed by atoms with Gasteiger partial charge in [0.2, 0.25) is 5.91 Å². The quantitative estimate of drug-likeness (QED) is 0.640. The van der Waals surface area contributed by atoms with Crippen molar-refractivity contribution in [2.45, 2.75) is 31.8 Å². The third kappa shape index (κ3) is 0.991. The molecule has 0 atom stereocenters. The third-order valence-corrected chi connectivity index (χ3v) is 4.73. The fourth-order valence-corrected chi connectivity index (χ4v) is 4.32. The summed E-state index contributed by atoms with van der Waals surface area (Å²) < 4.78 is 0. The summed E-state index contributed by atoms with van der Waals surface area (Å²) in [5.41, 5.74) is 5.45. The van der Waals surface area contributed by atoms with Crippen molar-refractivity contribution in [3.05, 3.63) is 0 Å². The number of aliphatic hydroxyl groups is 1. The standard InChI is InChI=1S/C11H17NO2/c12-11(14)9-5-1-7-3-6(9)4-8(2-5)10(7)13/h5-10,13H,1-4H2,(H2,12,14)/t5-,6-,7?,8?,9?,10?.